The maximum atomic E-state index is 13.7. The van der Waals surface area contributed by atoms with Crippen molar-refractivity contribution in [2.24, 2.45) is 0 Å². The Balaban J connectivity index is 1.72. The van der Waals surface area contributed by atoms with Gasteiger partial charge in [0.15, 0.2) is 11.4 Å². The van der Waals surface area contributed by atoms with E-state index in [0.29, 0.717) is 23.5 Å². The van der Waals surface area contributed by atoms with Crippen molar-refractivity contribution in [3.05, 3.63) is 77.6 Å². The number of benzene rings is 2. The van der Waals surface area contributed by atoms with E-state index < -0.39 is 11.6 Å². The van der Waals surface area contributed by atoms with E-state index in [4.69, 9.17) is 0 Å². The number of hydrogen-bond acceptors (Lipinski definition) is 5. The van der Waals surface area contributed by atoms with Gasteiger partial charge in [0.1, 0.15) is 0 Å². The molecule has 1 aliphatic heterocycles. The highest BCUT2D eigenvalue weighted by molar-refractivity contribution is 6.09. The highest BCUT2D eigenvalue weighted by Crippen LogP contribution is 2.36. The van der Waals surface area contributed by atoms with Crippen LogP contribution in [0.15, 0.2) is 60.7 Å². The molecule has 0 bridgehead atoms. The molecule has 8 heteroatoms. The number of urea groups is 1. The van der Waals surface area contributed by atoms with Gasteiger partial charge in [0.2, 0.25) is 0 Å². The second-order valence-electron chi connectivity index (χ2n) is 6.98. The Morgan fingerprint density at radius 3 is 2.17 bits per heavy atom. The van der Waals surface area contributed by atoms with Crippen molar-refractivity contribution in [3.63, 3.8) is 0 Å². The summed E-state index contributed by atoms with van der Waals surface area (Å²) in [5.74, 6) is 0.142. The summed E-state index contributed by atoms with van der Waals surface area (Å²) in [6.45, 7) is 2.74. The Labute approximate surface area is 168 Å². The van der Waals surface area contributed by atoms with Gasteiger partial charge in [-0.15, -0.1) is 5.10 Å². The van der Waals surface area contributed by atoms with Crippen LogP contribution < -0.4 is 5.32 Å². The predicted octanol–water partition coefficient (Wildman–Crippen LogP) is 2.47. The van der Waals surface area contributed by atoms with Crippen LogP contribution in [0.3, 0.4) is 0 Å². The number of aromatic nitrogens is 4. The lowest BCUT2D eigenvalue weighted by atomic mass is 9.82. The number of carbonyl (C=O) groups is 2. The van der Waals surface area contributed by atoms with E-state index in [1.807, 2.05) is 60.7 Å². The molecule has 1 fully saturated rings. The van der Waals surface area contributed by atoms with Gasteiger partial charge in [-0.2, -0.15) is 0 Å². The van der Waals surface area contributed by atoms with Crippen molar-refractivity contribution in [2.75, 3.05) is 0 Å². The molecular formula is C21H22N6O2. The Hall–Kier alpha value is -3.55. The van der Waals surface area contributed by atoms with Gasteiger partial charge in [-0.1, -0.05) is 74.0 Å². The monoisotopic (exact) mass is 390 g/mol. The van der Waals surface area contributed by atoms with E-state index in [2.05, 4.69) is 27.8 Å². The van der Waals surface area contributed by atoms with Crippen molar-refractivity contribution < 1.29 is 9.59 Å². The third-order valence-electron chi connectivity index (χ3n) is 5.15. The largest absolute Gasteiger partial charge is 0.325 e. The van der Waals surface area contributed by atoms with Crippen molar-refractivity contribution >= 4 is 11.9 Å². The van der Waals surface area contributed by atoms with Gasteiger partial charge in [-0.3, -0.25) is 9.69 Å². The zero-order chi connectivity index (χ0) is 20.3. The van der Waals surface area contributed by atoms with Crippen LogP contribution in [0.1, 0.15) is 36.7 Å². The first-order valence-electron chi connectivity index (χ1n) is 9.67. The van der Waals surface area contributed by atoms with E-state index in [1.54, 1.807) is 4.68 Å². The van der Waals surface area contributed by atoms with Crippen molar-refractivity contribution in [1.82, 2.24) is 30.4 Å². The molecule has 148 valence electrons. The lowest BCUT2D eigenvalue weighted by Crippen LogP contribution is -2.45. The third-order valence-corrected chi connectivity index (χ3v) is 5.15. The van der Waals surface area contributed by atoms with Crippen LogP contribution in [-0.4, -0.2) is 37.0 Å². The van der Waals surface area contributed by atoms with Gasteiger partial charge in [-0.25, -0.2) is 9.48 Å². The number of hydrogen-bond donors (Lipinski definition) is 1. The summed E-state index contributed by atoms with van der Waals surface area (Å²) in [6, 6.07) is 18.1. The first kappa shape index (κ1) is 18.8. The Morgan fingerprint density at radius 2 is 1.59 bits per heavy atom. The lowest BCUT2D eigenvalue weighted by molar-refractivity contribution is -0.130. The fourth-order valence-electron chi connectivity index (χ4n) is 3.61. The molecule has 0 unspecified atom stereocenters. The second-order valence-corrected chi connectivity index (χ2v) is 6.98. The minimum atomic E-state index is -1.28. The molecule has 0 radical (unpaired) electrons. The summed E-state index contributed by atoms with van der Waals surface area (Å²) in [5, 5.41) is 14.7. The first-order chi connectivity index (χ1) is 14.2. The average molecular weight is 390 g/mol. The summed E-state index contributed by atoms with van der Waals surface area (Å²) in [5.41, 5.74) is 0.136. The molecule has 8 nitrogen and oxygen atoms in total. The number of imide groups is 1. The van der Waals surface area contributed by atoms with E-state index in [-0.39, 0.29) is 12.5 Å². The molecule has 3 amide bonds. The van der Waals surface area contributed by atoms with E-state index in [9.17, 15) is 9.59 Å². The lowest BCUT2D eigenvalue weighted by Gasteiger charge is -2.28. The fraction of sp³-hybridized carbons (Fsp3) is 0.286. The summed E-state index contributed by atoms with van der Waals surface area (Å²) in [7, 11) is 0. The van der Waals surface area contributed by atoms with Crippen molar-refractivity contribution in [2.45, 2.75) is 38.4 Å². The highest BCUT2D eigenvalue weighted by Gasteiger charge is 2.53. The molecule has 2 heterocycles. The molecule has 2 aromatic carbocycles. The molecular weight excluding hydrogens is 368 g/mol. The van der Waals surface area contributed by atoms with Gasteiger partial charge in [-0.05, 0) is 28.0 Å². The SMILES string of the molecule is CCCCn1nnnc1CN1C(=O)NC(c2ccccc2)(c2ccccc2)C1=O. The maximum Gasteiger partial charge on any atom is 0.325 e. The molecule has 0 aliphatic carbocycles. The molecule has 1 N–H and O–H groups in total. The molecule has 1 aromatic heterocycles. The van der Waals surface area contributed by atoms with E-state index >= 15 is 0 Å². The topological polar surface area (TPSA) is 93.0 Å². The van der Waals surface area contributed by atoms with Gasteiger partial charge < -0.3 is 5.32 Å². The second kappa shape index (κ2) is 7.83. The molecule has 0 spiro atoms. The Morgan fingerprint density at radius 1 is 0.966 bits per heavy atom. The summed E-state index contributed by atoms with van der Waals surface area (Å²) < 4.78 is 1.65. The number of nitrogens with one attached hydrogen (secondary N) is 1. The molecule has 3 aromatic rings. The minimum absolute atomic E-state index is 0.0167. The Bertz CT molecular complexity index is 963. The number of aryl methyl sites for hydroxylation is 1. The molecule has 0 saturated carbocycles. The average Bonchev–Trinajstić information content (AvgIpc) is 3.31. The van der Waals surface area contributed by atoms with Crippen LogP contribution in [0.5, 0.6) is 0 Å². The van der Waals surface area contributed by atoms with Crippen LogP contribution in [0.2, 0.25) is 0 Å². The molecule has 1 saturated heterocycles. The smallest absolute Gasteiger partial charge is 0.315 e. The Kier molecular flexibility index (Phi) is 5.07. The number of nitrogens with zero attached hydrogens (tertiary/aromatic N) is 5. The number of carbonyl (C=O) groups excluding carboxylic acids is 2. The quantitative estimate of drug-likeness (QED) is 0.626. The van der Waals surface area contributed by atoms with Crippen LogP contribution >= 0.6 is 0 Å². The standard InChI is InChI=1S/C21H22N6O2/c1-2-3-14-27-18(23-24-25-27)15-26-19(28)21(22-20(26)29,16-10-6-4-7-11-16)17-12-8-5-9-13-17/h4-13H,2-3,14-15H2,1H3,(H,22,29). The fourth-order valence-corrected chi connectivity index (χ4v) is 3.61. The van der Waals surface area contributed by atoms with E-state index in [1.165, 1.54) is 4.90 Å². The van der Waals surface area contributed by atoms with Crippen LogP contribution in [0.4, 0.5) is 4.79 Å². The van der Waals surface area contributed by atoms with Gasteiger partial charge in [0.05, 0.1) is 6.54 Å². The first-order valence-corrected chi connectivity index (χ1v) is 9.67. The predicted molar refractivity (Wildman–Crippen MR) is 105 cm³/mol. The zero-order valence-corrected chi connectivity index (χ0v) is 16.2. The summed E-state index contributed by atoms with van der Waals surface area (Å²) in [6.07, 6.45) is 1.91. The normalized spacial score (nSPS) is 15.6. The molecule has 4 rings (SSSR count). The number of unbranched alkanes of at least 4 members (excludes halogenated alkanes) is 1. The molecule has 29 heavy (non-hydrogen) atoms. The minimum Gasteiger partial charge on any atom is -0.315 e. The number of tetrazole rings is 1. The number of rotatable bonds is 7. The molecule has 0 atom stereocenters. The zero-order valence-electron chi connectivity index (χ0n) is 16.2. The van der Waals surface area contributed by atoms with Gasteiger partial charge in [0.25, 0.3) is 5.91 Å². The summed E-state index contributed by atoms with van der Waals surface area (Å²) >= 11 is 0. The summed E-state index contributed by atoms with van der Waals surface area (Å²) in [4.78, 5) is 27.8. The van der Waals surface area contributed by atoms with Crippen molar-refractivity contribution in [1.29, 1.82) is 0 Å². The van der Waals surface area contributed by atoms with Crippen LogP contribution in [0.25, 0.3) is 0 Å². The molecule has 1 aliphatic rings. The third kappa shape index (κ3) is 3.26. The van der Waals surface area contributed by atoms with Crippen molar-refractivity contribution in [3.8, 4) is 0 Å². The van der Waals surface area contributed by atoms with E-state index in [0.717, 1.165) is 12.8 Å². The number of amides is 3. The van der Waals surface area contributed by atoms with Gasteiger partial charge >= 0.3 is 6.03 Å². The van der Waals surface area contributed by atoms with Crippen LogP contribution in [0, 0.1) is 0 Å². The maximum absolute atomic E-state index is 13.7. The van der Waals surface area contributed by atoms with Gasteiger partial charge in [0, 0.05) is 6.54 Å². The highest BCUT2D eigenvalue weighted by atomic mass is 16.2. The van der Waals surface area contributed by atoms with Crippen LogP contribution in [-0.2, 0) is 23.4 Å².